The fraction of sp³-hybridized carbons (Fsp3) is 0.115. The number of rotatable bonds is 5. The molecule has 0 atom stereocenters. The summed E-state index contributed by atoms with van der Waals surface area (Å²) in [4.78, 5) is 32.0. The number of carbonyl (C=O) groups is 2. The van der Waals surface area contributed by atoms with Crippen LogP contribution in [0.2, 0.25) is 0 Å². The molecule has 0 saturated heterocycles. The number of amides is 2. The van der Waals surface area contributed by atoms with Crippen LogP contribution in [-0.2, 0) is 19.6 Å². The Kier molecular flexibility index (Phi) is 5.22. The van der Waals surface area contributed by atoms with Gasteiger partial charge in [0.25, 0.3) is 11.8 Å². The Morgan fingerprint density at radius 1 is 0.970 bits per heavy atom. The molecule has 0 unspecified atom stereocenters. The van der Waals surface area contributed by atoms with E-state index in [0.29, 0.717) is 17.5 Å². The second kappa shape index (κ2) is 8.35. The van der Waals surface area contributed by atoms with Gasteiger partial charge in [0.1, 0.15) is 29.4 Å². The van der Waals surface area contributed by atoms with E-state index in [2.05, 4.69) is 4.99 Å². The molecule has 0 aromatic heterocycles. The highest BCUT2D eigenvalue weighted by atomic mass is 19.1. The lowest BCUT2D eigenvalue weighted by Gasteiger charge is -2.17. The first-order chi connectivity index (χ1) is 16.0. The van der Waals surface area contributed by atoms with E-state index in [1.807, 2.05) is 36.4 Å². The first-order valence-corrected chi connectivity index (χ1v) is 10.4. The van der Waals surface area contributed by atoms with Crippen LogP contribution < -0.4 is 4.74 Å². The maximum absolute atomic E-state index is 13.4. The minimum Gasteiger partial charge on any atom is -0.505 e. The highest BCUT2D eigenvalue weighted by Crippen LogP contribution is 2.48. The van der Waals surface area contributed by atoms with Gasteiger partial charge in [0.05, 0.1) is 12.1 Å². The van der Waals surface area contributed by atoms with Crippen molar-refractivity contribution in [1.82, 2.24) is 4.90 Å². The van der Waals surface area contributed by atoms with Crippen molar-refractivity contribution in [1.29, 1.82) is 0 Å². The molecule has 33 heavy (non-hydrogen) atoms. The highest BCUT2D eigenvalue weighted by Gasteiger charge is 2.43. The molecule has 0 spiro atoms. The Hall–Kier alpha value is -4.26. The molecule has 5 rings (SSSR count). The molecule has 7 heteroatoms. The number of halogens is 1. The number of imide groups is 1. The molecule has 3 aromatic rings. The summed E-state index contributed by atoms with van der Waals surface area (Å²) in [6, 6.07) is 15.0. The van der Waals surface area contributed by atoms with Crippen molar-refractivity contribution in [2.75, 3.05) is 0 Å². The molecule has 2 aliphatic rings. The number of allylic oxidation sites excluding steroid dienone is 2. The largest absolute Gasteiger partial charge is 0.505 e. The lowest BCUT2D eigenvalue weighted by Crippen LogP contribution is -2.29. The van der Waals surface area contributed by atoms with Crippen molar-refractivity contribution >= 4 is 23.7 Å². The van der Waals surface area contributed by atoms with E-state index in [1.54, 1.807) is 6.08 Å². The number of carbonyl (C=O) groups excluding carboxylic acids is 2. The van der Waals surface area contributed by atoms with Crippen molar-refractivity contribution in [2.24, 2.45) is 4.99 Å². The number of hydrogen-bond donors (Lipinski definition) is 1. The van der Waals surface area contributed by atoms with Crippen LogP contribution in [0.15, 0.2) is 71.7 Å². The number of hydrogen-bond acceptors (Lipinski definition) is 5. The number of nitrogens with zero attached hydrogens (tertiary/aromatic N) is 2. The summed E-state index contributed by atoms with van der Waals surface area (Å²) in [5.74, 6) is -1.73. The molecule has 2 aliphatic heterocycles. The third-order valence-electron chi connectivity index (χ3n) is 5.64. The van der Waals surface area contributed by atoms with Crippen LogP contribution in [0.25, 0.3) is 0 Å². The summed E-state index contributed by atoms with van der Waals surface area (Å²) in [5.41, 5.74) is 2.13. The molecule has 164 valence electrons. The standard InChI is InChI=1S/C26H19FN2O4/c27-18-11-9-16(10-12-18)14-29-25(31)20-21(26(29)32)24(33-15-17-6-2-1-3-7-17)19-8-4-5-13-28-22(19)23(20)30/h1-7,9-13,30H,8,14-15H2. The van der Waals surface area contributed by atoms with Crippen LogP contribution in [0.1, 0.15) is 37.4 Å². The number of aliphatic imine (C=N–C) groups is 1. The molecule has 0 saturated carbocycles. The summed E-state index contributed by atoms with van der Waals surface area (Å²) < 4.78 is 19.4. The fourth-order valence-electron chi connectivity index (χ4n) is 4.02. The molecular weight excluding hydrogens is 423 g/mol. The van der Waals surface area contributed by atoms with Gasteiger partial charge in [0.15, 0.2) is 5.75 Å². The molecule has 3 aromatic carbocycles. The van der Waals surface area contributed by atoms with Gasteiger partial charge in [0, 0.05) is 11.8 Å². The molecule has 2 heterocycles. The van der Waals surface area contributed by atoms with Gasteiger partial charge in [-0.3, -0.25) is 19.5 Å². The van der Waals surface area contributed by atoms with Crippen LogP contribution in [0.5, 0.6) is 11.5 Å². The quantitative estimate of drug-likeness (QED) is 0.580. The summed E-state index contributed by atoms with van der Waals surface area (Å²) in [7, 11) is 0. The summed E-state index contributed by atoms with van der Waals surface area (Å²) in [6.07, 6.45) is 5.47. The Morgan fingerprint density at radius 2 is 1.70 bits per heavy atom. The topological polar surface area (TPSA) is 79.2 Å². The van der Waals surface area contributed by atoms with Gasteiger partial charge in [-0.25, -0.2) is 4.39 Å². The first-order valence-electron chi connectivity index (χ1n) is 10.4. The average Bonchev–Trinajstić information content (AvgIpc) is 2.99. The van der Waals surface area contributed by atoms with E-state index >= 15 is 0 Å². The Bertz CT molecular complexity index is 1310. The van der Waals surface area contributed by atoms with E-state index in [-0.39, 0.29) is 41.5 Å². The number of ether oxygens (including phenoxy) is 1. The molecule has 1 N–H and O–H groups in total. The zero-order chi connectivity index (χ0) is 22.9. The molecule has 2 amide bonds. The highest BCUT2D eigenvalue weighted by molar-refractivity contribution is 6.25. The Labute approximate surface area is 189 Å². The van der Waals surface area contributed by atoms with Crippen LogP contribution in [0, 0.1) is 5.82 Å². The maximum Gasteiger partial charge on any atom is 0.265 e. The van der Waals surface area contributed by atoms with Gasteiger partial charge in [-0.1, -0.05) is 48.5 Å². The second-order valence-corrected chi connectivity index (χ2v) is 7.76. The Balaban J connectivity index is 1.59. The number of aromatic hydroxyl groups is 1. The molecule has 0 radical (unpaired) electrons. The van der Waals surface area contributed by atoms with Crippen molar-refractivity contribution in [3.05, 3.63) is 100 Å². The van der Waals surface area contributed by atoms with Crippen molar-refractivity contribution in [3.63, 3.8) is 0 Å². The third-order valence-corrected chi connectivity index (χ3v) is 5.64. The molecule has 0 aliphatic carbocycles. The number of benzene rings is 3. The lowest BCUT2D eigenvalue weighted by molar-refractivity contribution is 0.0640. The van der Waals surface area contributed by atoms with Crippen molar-refractivity contribution in [2.45, 2.75) is 19.6 Å². The van der Waals surface area contributed by atoms with Crippen LogP contribution >= 0.6 is 0 Å². The lowest BCUT2D eigenvalue weighted by atomic mass is 9.98. The molecule has 0 fully saturated rings. The summed E-state index contributed by atoms with van der Waals surface area (Å²) in [6.45, 7) is 0.120. The smallest absolute Gasteiger partial charge is 0.265 e. The van der Waals surface area contributed by atoms with E-state index in [1.165, 1.54) is 30.5 Å². The minimum atomic E-state index is -0.642. The second-order valence-electron chi connectivity index (χ2n) is 7.76. The zero-order valence-corrected chi connectivity index (χ0v) is 17.5. The molecule has 0 bridgehead atoms. The first kappa shape index (κ1) is 20.6. The predicted octanol–water partition coefficient (Wildman–Crippen LogP) is 4.72. The SMILES string of the molecule is O=C1c2c(O)c3c(c(OCc4ccccc4)c2C(=O)N1Cc1ccc(F)cc1)CC=CC=N3. The zero-order valence-electron chi connectivity index (χ0n) is 17.5. The van der Waals surface area contributed by atoms with Gasteiger partial charge in [-0.05, 0) is 35.8 Å². The molecule has 6 nitrogen and oxygen atoms in total. The van der Waals surface area contributed by atoms with E-state index in [4.69, 9.17) is 4.74 Å². The van der Waals surface area contributed by atoms with Crippen LogP contribution in [-0.4, -0.2) is 28.0 Å². The number of phenols is 1. The van der Waals surface area contributed by atoms with E-state index in [0.717, 1.165) is 10.5 Å². The fourth-order valence-corrected chi connectivity index (χ4v) is 4.02. The van der Waals surface area contributed by atoms with Gasteiger partial charge >= 0.3 is 0 Å². The Morgan fingerprint density at radius 3 is 2.45 bits per heavy atom. The number of phenolic OH excluding ortho intramolecular Hbond substituents is 1. The van der Waals surface area contributed by atoms with Crippen molar-refractivity contribution < 1.29 is 23.8 Å². The normalized spacial score (nSPS) is 14.3. The molecular formula is C26H19FN2O4. The van der Waals surface area contributed by atoms with Gasteiger partial charge < -0.3 is 9.84 Å². The van der Waals surface area contributed by atoms with Gasteiger partial charge in [-0.15, -0.1) is 0 Å². The third kappa shape index (κ3) is 3.67. The minimum absolute atomic E-state index is 0.0276. The van der Waals surface area contributed by atoms with Crippen molar-refractivity contribution in [3.8, 4) is 11.5 Å². The predicted molar refractivity (Wildman–Crippen MR) is 120 cm³/mol. The van der Waals surface area contributed by atoms with E-state index < -0.39 is 17.6 Å². The van der Waals surface area contributed by atoms with Crippen LogP contribution in [0.4, 0.5) is 10.1 Å². The van der Waals surface area contributed by atoms with E-state index in [9.17, 15) is 19.1 Å². The number of fused-ring (bicyclic) bond motifs is 2. The van der Waals surface area contributed by atoms with Crippen LogP contribution in [0.3, 0.4) is 0 Å². The summed E-state index contributed by atoms with van der Waals surface area (Å²) >= 11 is 0. The van der Waals surface area contributed by atoms with Gasteiger partial charge in [-0.2, -0.15) is 0 Å². The van der Waals surface area contributed by atoms with Gasteiger partial charge in [0.2, 0.25) is 0 Å². The average molecular weight is 442 g/mol. The monoisotopic (exact) mass is 442 g/mol. The maximum atomic E-state index is 13.4. The summed E-state index contributed by atoms with van der Waals surface area (Å²) in [5, 5.41) is 11.0.